The number of aliphatic hydroxyl groups excluding tert-OH is 2. The lowest BCUT2D eigenvalue weighted by Gasteiger charge is -2.45. The summed E-state index contributed by atoms with van der Waals surface area (Å²) in [5.74, 6) is -2.15. The highest BCUT2D eigenvalue weighted by Gasteiger charge is 2.49. The summed E-state index contributed by atoms with van der Waals surface area (Å²) >= 11 is 12.7. The van der Waals surface area contributed by atoms with Crippen LogP contribution in [-0.2, 0) is 54.1 Å². The van der Waals surface area contributed by atoms with Gasteiger partial charge in [0.2, 0.25) is 11.8 Å². The van der Waals surface area contributed by atoms with Gasteiger partial charge in [0.1, 0.15) is 11.5 Å². The highest BCUT2D eigenvalue weighted by atomic mass is 35.5. The maximum Gasteiger partial charge on any atom is 0.340 e. The van der Waals surface area contributed by atoms with Gasteiger partial charge in [0.15, 0.2) is 11.2 Å². The van der Waals surface area contributed by atoms with Crippen LogP contribution >= 0.6 is 23.2 Å². The fraction of sp³-hybridized carbons (Fsp3) is 0.500. The topological polar surface area (TPSA) is 221 Å². The number of carboxylic acid groups (broad SMARTS) is 2. The molecule has 12 rings (SSSR count). The van der Waals surface area contributed by atoms with Crippen molar-refractivity contribution in [2.45, 2.75) is 111 Å². The Morgan fingerprint density at radius 2 is 1.00 bits per heavy atom. The quantitative estimate of drug-likeness (QED) is 0.106. The predicted octanol–water partition coefficient (Wildman–Crippen LogP) is 7.78. The van der Waals surface area contributed by atoms with Crippen LogP contribution < -0.4 is 19.3 Å². The largest absolute Gasteiger partial charge is 0.490 e. The number of hydrogen-bond donors (Lipinski definition) is 6. The highest BCUT2D eigenvalue weighted by molar-refractivity contribution is 6.31. The monoisotopic (exact) mass is 1160 g/mol. The van der Waals surface area contributed by atoms with Crippen molar-refractivity contribution >= 4 is 58.3 Å². The number of rotatable bonds is 2. The van der Waals surface area contributed by atoms with Crippen molar-refractivity contribution in [3.63, 3.8) is 0 Å². The van der Waals surface area contributed by atoms with E-state index in [1.165, 1.54) is 32.1 Å². The van der Waals surface area contributed by atoms with Crippen molar-refractivity contribution < 1.29 is 59.3 Å². The number of fused-ring (bicyclic) bond motifs is 8. The Hall–Kier alpha value is -6.14. The Balaban J connectivity index is 0.000000172. The zero-order valence-corrected chi connectivity index (χ0v) is 48.0. The number of aryl methyl sites for hydroxylation is 2. The maximum absolute atomic E-state index is 13.0. The van der Waals surface area contributed by atoms with E-state index in [0.717, 1.165) is 64.2 Å². The molecule has 6 N–H and O–H groups in total. The van der Waals surface area contributed by atoms with Crippen LogP contribution in [0.4, 0.5) is 11.4 Å². The minimum absolute atomic E-state index is 0.0811. The fourth-order valence-electron chi connectivity index (χ4n) is 14.4. The van der Waals surface area contributed by atoms with Crippen molar-refractivity contribution in [1.29, 1.82) is 0 Å². The Morgan fingerprint density at radius 3 is 1.38 bits per heavy atom. The highest BCUT2D eigenvalue weighted by Crippen LogP contribution is 2.50. The molecular formula is C64H74Cl2N4O12. The fourth-order valence-corrected chi connectivity index (χ4v) is 14.8. The standard InChI is InChI=1S/2C32H37ClN2O6/c2*1-34-13-3-5-27(36)24-9-6-21(24)17-35-18-31(12-2-4-20-14-23(33)8-10-25(20)31)19-41-28-11-7-22(15-26(28)35)32(40,30(38)39)16-29(34)37/h2*3,5,7-8,10-11,14-15,21,24,27,36,40H,2,4,6,9,12-13,16-19H2,1H3,(H,38,39)/b2*5-3+/t21-,24+,27-,31-,32+;21-,24+,27-,31-,32-/m00/s1. The van der Waals surface area contributed by atoms with Gasteiger partial charge in [0.25, 0.3) is 0 Å². The number of likely N-dealkylation sites (N-methyl/N-ethyl adjacent to an activating group) is 2. The molecule has 4 aliphatic carbocycles. The number of carbonyl (C=O) groups is 4. The van der Waals surface area contributed by atoms with Gasteiger partial charge in [-0.1, -0.05) is 71.8 Å². The molecule has 18 heteroatoms. The molecule has 2 spiro atoms. The zero-order chi connectivity index (χ0) is 57.9. The van der Waals surface area contributed by atoms with E-state index >= 15 is 0 Å². The van der Waals surface area contributed by atoms with Gasteiger partial charge in [-0.05, 0) is 170 Å². The molecule has 4 aromatic rings. The second-order valence-electron chi connectivity index (χ2n) is 24.6. The number of ether oxygens (including phenoxy) is 2. The van der Waals surface area contributed by atoms with Crippen molar-refractivity contribution in [2.75, 3.05) is 76.4 Å². The lowest BCUT2D eigenvalue weighted by Crippen LogP contribution is -2.49. The van der Waals surface area contributed by atoms with E-state index in [1.807, 2.05) is 24.3 Å². The summed E-state index contributed by atoms with van der Waals surface area (Å²) < 4.78 is 13.0. The summed E-state index contributed by atoms with van der Waals surface area (Å²) in [5, 5.41) is 66.8. The lowest BCUT2D eigenvalue weighted by molar-refractivity contribution is -0.164. The van der Waals surface area contributed by atoms with E-state index in [2.05, 4.69) is 21.9 Å². The molecule has 10 atom stereocenters. The molecule has 4 heterocycles. The number of amides is 2. The first-order valence-corrected chi connectivity index (χ1v) is 29.7. The van der Waals surface area contributed by atoms with E-state index in [4.69, 9.17) is 32.7 Å². The molecule has 8 aliphatic rings. The maximum atomic E-state index is 13.0. The van der Waals surface area contributed by atoms with E-state index in [0.29, 0.717) is 72.3 Å². The molecule has 2 fully saturated rings. The lowest BCUT2D eigenvalue weighted by atomic mass is 9.68. The van der Waals surface area contributed by atoms with Gasteiger partial charge < -0.3 is 59.7 Å². The molecule has 4 aliphatic heterocycles. The number of hydrogen-bond acceptors (Lipinski definition) is 12. The first kappa shape index (κ1) is 57.7. The average Bonchev–Trinajstić information content (AvgIpc) is 3.90. The summed E-state index contributed by atoms with van der Waals surface area (Å²) in [6, 6.07) is 22.1. The smallest absolute Gasteiger partial charge is 0.340 e. The minimum Gasteiger partial charge on any atom is -0.490 e. The molecule has 4 aromatic carbocycles. The third-order valence-electron chi connectivity index (χ3n) is 19.6. The van der Waals surface area contributed by atoms with Crippen molar-refractivity contribution in [1.82, 2.24) is 9.80 Å². The molecule has 0 aromatic heterocycles. The van der Waals surface area contributed by atoms with Crippen molar-refractivity contribution in [3.8, 4) is 11.5 Å². The SMILES string of the molecule is CN1C/C=C/[C@H](O)[C@@H]2CC[C@H]2CN2C[C@@]3(CCCc4cc(Cl)ccc43)COc3ccc(cc32)[C@@](O)(C(=O)O)CC1=O.CN1C/C=C/[C@H](O)[C@@H]2CC[C@H]2CN2C[C@@]3(CCCc4cc(Cl)ccc43)COc3ccc(cc32)[C@](O)(C(=O)O)CC1=O. The van der Waals surface area contributed by atoms with Gasteiger partial charge in [0, 0.05) is 74.2 Å². The second kappa shape index (κ2) is 22.8. The number of carbonyl (C=O) groups excluding carboxylic acids is 2. The van der Waals surface area contributed by atoms with E-state index in [1.54, 1.807) is 74.8 Å². The first-order chi connectivity index (χ1) is 39.2. The second-order valence-corrected chi connectivity index (χ2v) is 25.5. The zero-order valence-electron chi connectivity index (χ0n) is 46.5. The molecule has 0 unspecified atom stereocenters. The first-order valence-electron chi connectivity index (χ1n) is 28.9. The summed E-state index contributed by atoms with van der Waals surface area (Å²) in [5.41, 5.74) is 1.14. The number of carboxylic acids is 2. The number of aliphatic carboxylic acids is 2. The summed E-state index contributed by atoms with van der Waals surface area (Å²) in [4.78, 5) is 58.3. The Labute approximate surface area is 488 Å². The molecule has 16 nitrogen and oxygen atoms in total. The van der Waals surface area contributed by atoms with Crippen molar-refractivity contribution in [3.05, 3.63) is 141 Å². The van der Waals surface area contributed by atoms with Crippen LogP contribution in [-0.4, -0.2) is 143 Å². The molecule has 0 saturated heterocycles. The molecule has 0 radical (unpaired) electrons. The van der Waals surface area contributed by atoms with Crippen LogP contribution in [0.1, 0.15) is 97.6 Å². The van der Waals surface area contributed by atoms with Crippen LogP contribution in [0.2, 0.25) is 10.0 Å². The molecule has 4 bridgehead atoms. The summed E-state index contributed by atoms with van der Waals surface area (Å²) in [6.45, 7) is 3.92. The van der Waals surface area contributed by atoms with E-state index < -0.39 is 60.0 Å². The number of aliphatic hydroxyl groups is 4. The molecule has 2 saturated carbocycles. The normalized spacial score (nSPS) is 32.4. The van der Waals surface area contributed by atoms with Gasteiger partial charge >= 0.3 is 11.9 Å². The average molecular weight is 1160 g/mol. The number of benzene rings is 4. The number of nitrogens with zero attached hydrogens (tertiary/aromatic N) is 4. The number of halogens is 2. The number of anilines is 2. The molecular weight excluding hydrogens is 1090 g/mol. The summed E-state index contributed by atoms with van der Waals surface area (Å²) in [7, 11) is 3.12. The Morgan fingerprint density at radius 1 is 0.585 bits per heavy atom. The summed E-state index contributed by atoms with van der Waals surface area (Å²) in [6.07, 6.45) is 14.0. The van der Waals surface area contributed by atoms with E-state index in [9.17, 15) is 49.8 Å². The van der Waals surface area contributed by atoms with Crippen LogP contribution in [0, 0.1) is 23.7 Å². The Kier molecular flexibility index (Phi) is 16.0. The van der Waals surface area contributed by atoms with Gasteiger partial charge in [0.05, 0.1) is 49.6 Å². The van der Waals surface area contributed by atoms with Crippen molar-refractivity contribution in [2.24, 2.45) is 23.7 Å². The van der Waals surface area contributed by atoms with Crippen LogP contribution in [0.15, 0.2) is 97.1 Å². The van der Waals surface area contributed by atoms with Crippen LogP contribution in [0.5, 0.6) is 11.5 Å². The predicted molar refractivity (Wildman–Crippen MR) is 311 cm³/mol. The van der Waals surface area contributed by atoms with Crippen LogP contribution in [0.3, 0.4) is 0 Å². The molecule has 436 valence electrons. The van der Waals surface area contributed by atoms with Gasteiger partial charge in [-0.15, -0.1) is 0 Å². The minimum atomic E-state index is -2.41. The molecule has 82 heavy (non-hydrogen) atoms. The van der Waals surface area contributed by atoms with Crippen LogP contribution in [0.25, 0.3) is 0 Å². The van der Waals surface area contributed by atoms with Gasteiger partial charge in [-0.2, -0.15) is 0 Å². The molecule has 2 amide bonds. The third kappa shape index (κ3) is 10.9. The van der Waals surface area contributed by atoms with Gasteiger partial charge in [-0.3, -0.25) is 9.59 Å². The third-order valence-corrected chi connectivity index (χ3v) is 20.0. The van der Waals surface area contributed by atoms with E-state index in [-0.39, 0.29) is 58.7 Å². The van der Waals surface area contributed by atoms with Gasteiger partial charge in [-0.25, -0.2) is 9.59 Å². The Bertz CT molecular complexity index is 3000.